The summed E-state index contributed by atoms with van der Waals surface area (Å²) in [6, 6.07) is 0. The van der Waals surface area contributed by atoms with Gasteiger partial charge >= 0.3 is 0 Å². The third kappa shape index (κ3) is 4.67. The molecule has 0 saturated carbocycles. The van der Waals surface area contributed by atoms with Crippen molar-refractivity contribution in [1.29, 1.82) is 0 Å². The van der Waals surface area contributed by atoms with E-state index >= 15 is 0 Å². The van der Waals surface area contributed by atoms with Crippen LogP contribution in [0, 0.1) is 6.92 Å². The number of aryl methyl sites for hydroxylation is 1. The first-order chi connectivity index (χ1) is 8.86. The average Bonchev–Trinajstić information content (AvgIpc) is 2.36. The predicted octanol–water partition coefficient (Wildman–Crippen LogP) is 2.36. The van der Waals surface area contributed by atoms with Gasteiger partial charge in [0.05, 0.1) is 0 Å². The molecule has 0 spiro atoms. The minimum Gasteiger partial charge on any atom is -0.368 e. The Bertz CT molecular complexity index is 401. The molecule has 0 fully saturated rings. The minimum absolute atomic E-state index is 0.0778. The molecule has 0 aliphatic heterocycles. The Kier molecular flexibility index (Phi) is 5.54. The molecule has 5 nitrogen and oxygen atoms in total. The monoisotopic (exact) mass is 265 g/mol. The highest BCUT2D eigenvalue weighted by molar-refractivity contribution is 5.46. The smallest absolute Gasteiger partial charge is 0.224 e. The summed E-state index contributed by atoms with van der Waals surface area (Å²) in [7, 11) is 4.17. The molecule has 0 aromatic carbocycles. The summed E-state index contributed by atoms with van der Waals surface area (Å²) >= 11 is 0. The number of nitrogens with one attached hydrogen (secondary N) is 2. The Morgan fingerprint density at radius 1 is 1.26 bits per heavy atom. The molecular weight excluding hydrogens is 238 g/mol. The molecule has 0 aliphatic rings. The minimum atomic E-state index is 0.0778. The van der Waals surface area contributed by atoms with Crippen LogP contribution in [-0.2, 0) is 0 Å². The maximum Gasteiger partial charge on any atom is 0.224 e. The molecule has 0 atom stereocenters. The van der Waals surface area contributed by atoms with E-state index in [9.17, 15) is 0 Å². The number of nitrogens with zero attached hydrogens (tertiary/aromatic N) is 3. The third-order valence-electron chi connectivity index (χ3n) is 3.40. The summed E-state index contributed by atoms with van der Waals surface area (Å²) in [6.45, 7) is 10.3. The molecule has 1 heterocycles. The molecule has 1 aromatic heterocycles. The molecule has 19 heavy (non-hydrogen) atoms. The fraction of sp³-hybridized carbons (Fsp3) is 0.714. The first-order valence-electron chi connectivity index (χ1n) is 6.85. The first-order valence-corrected chi connectivity index (χ1v) is 6.85. The Hall–Kier alpha value is -1.36. The average molecular weight is 265 g/mol. The zero-order chi connectivity index (χ0) is 14.5. The second-order valence-electron chi connectivity index (χ2n) is 5.71. The van der Waals surface area contributed by atoms with Crippen molar-refractivity contribution < 1.29 is 0 Å². The van der Waals surface area contributed by atoms with E-state index in [1.165, 1.54) is 0 Å². The van der Waals surface area contributed by atoms with Crippen molar-refractivity contribution in [2.75, 3.05) is 37.8 Å². The molecule has 0 bridgehead atoms. The van der Waals surface area contributed by atoms with Gasteiger partial charge in [0.15, 0.2) is 0 Å². The lowest BCUT2D eigenvalue weighted by Crippen LogP contribution is -2.44. The van der Waals surface area contributed by atoms with Gasteiger partial charge in [-0.15, -0.1) is 0 Å². The highest BCUT2D eigenvalue weighted by Crippen LogP contribution is 2.16. The van der Waals surface area contributed by atoms with Crippen molar-refractivity contribution in [1.82, 2.24) is 14.9 Å². The molecule has 0 saturated heterocycles. The SMILES string of the molecule is CCCNc1ncc(C)c(NCC(C)(C)N(C)C)n1. The van der Waals surface area contributed by atoms with Crippen LogP contribution in [-0.4, -0.2) is 47.6 Å². The second kappa shape index (κ2) is 6.70. The normalized spacial score (nSPS) is 11.7. The quantitative estimate of drug-likeness (QED) is 0.792. The summed E-state index contributed by atoms with van der Waals surface area (Å²) < 4.78 is 0. The number of rotatable bonds is 7. The van der Waals surface area contributed by atoms with Gasteiger partial charge in [0.25, 0.3) is 0 Å². The Morgan fingerprint density at radius 3 is 2.53 bits per heavy atom. The van der Waals surface area contributed by atoms with Crippen LogP contribution in [0.5, 0.6) is 0 Å². The maximum atomic E-state index is 4.52. The van der Waals surface area contributed by atoms with E-state index in [0.29, 0.717) is 5.95 Å². The van der Waals surface area contributed by atoms with E-state index in [0.717, 1.165) is 30.9 Å². The molecule has 0 aliphatic carbocycles. The zero-order valence-corrected chi connectivity index (χ0v) is 13.0. The summed E-state index contributed by atoms with van der Waals surface area (Å²) in [5.74, 6) is 1.60. The molecule has 1 rings (SSSR count). The van der Waals surface area contributed by atoms with Gasteiger partial charge in [0, 0.05) is 30.4 Å². The van der Waals surface area contributed by atoms with Crippen molar-refractivity contribution in [3.8, 4) is 0 Å². The van der Waals surface area contributed by atoms with Crippen molar-refractivity contribution in [3.05, 3.63) is 11.8 Å². The highest BCUT2D eigenvalue weighted by Gasteiger charge is 2.20. The van der Waals surface area contributed by atoms with Gasteiger partial charge in [-0.2, -0.15) is 4.98 Å². The number of likely N-dealkylation sites (N-methyl/N-ethyl adjacent to an activating group) is 1. The van der Waals surface area contributed by atoms with Gasteiger partial charge in [-0.25, -0.2) is 4.98 Å². The molecule has 2 N–H and O–H groups in total. The topological polar surface area (TPSA) is 53.1 Å². The molecular formula is C14H27N5. The fourth-order valence-corrected chi connectivity index (χ4v) is 1.40. The summed E-state index contributed by atoms with van der Waals surface area (Å²) in [4.78, 5) is 11.0. The highest BCUT2D eigenvalue weighted by atomic mass is 15.2. The summed E-state index contributed by atoms with van der Waals surface area (Å²) in [6.07, 6.45) is 2.92. The Labute approximate surface area is 116 Å². The van der Waals surface area contributed by atoms with Crippen LogP contribution >= 0.6 is 0 Å². The van der Waals surface area contributed by atoms with Crippen molar-refractivity contribution >= 4 is 11.8 Å². The van der Waals surface area contributed by atoms with Gasteiger partial charge in [-0.05, 0) is 41.3 Å². The number of aromatic nitrogens is 2. The van der Waals surface area contributed by atoms with Gasteiger partial charge in [0.1, 0.15) is 5.82 Å². The molecule has 0 amide bonds. The Balaban J connectivity index is 2.71. The molecule has 108 valence electrons. The van der Waals surface area contributed by atoms with Gasteiger partial charge in [-0.3, -0.25) is 0 Å². The summed E-state index contributed by atoms with van der Waals surface area (Å²) in [5, 5.41) is 6.63. The van der Waals surface area contributed by atoms with Crippen LogP contribution in [0.2, 0.25) is 0 Å². The lowest BCUT2D eigenvalue weighted by atomic mass is 10.0. The second-order valence-corrected chi connectivity index (χ2v) is 5.71. The van der Waals surface area contributed by atoms with Crippen LogP contribution in [0.1, 0.15) is 32.8 Å². The summed E-state index contributed by atoms with van der Waals surface area (Å²) in [5.41, 5.74) is 1.14. The fourth-order valence-electron chi connectivity index (χ4n) is 1.40. The van der Waals surface area contributed by atoms with Crippen LogP contribution in [0.4, 0.5) is 11.8 Å². The van der Waals surface area contributed by atoms with Crippen LogP contribution in [0.25, 0.3) is 0 Å². The number of hydrogen-bond donors (Lipinski definition) is 2. The molecule has 0 radical (unpaired) electrons. The van der Waals surface area contributed by atoms with E-state index in [-0.39, 0.29) is 5.54 Å². The van der Waals surface area contributed by atoms with Gasteiger partial charge in [0.2, 0.25) is 5.95 Å². The predicted molar refractivity (Wildman–Crippen MR) is 81.8 cm³/mol. The van der Waals surface area contributed by atoms with E-state index in [4.69, 9.17) is 0 Å². The molecule has 1 aromatic rings. The third-order valence-corrected chi connectivity index (χ3v) is 3.40. The van der Waals surface area contributed by atoms with E-state index in [2.05, 4.69) is 60.4 Å². The van der Waals surface area contributed by atoms with Gasteiger partial charge in [-0.1, -0.05) is 6.92 Å². The van der Waals surface area contributed by atoms with Crippen molar-refractivity contribution in [2.45, 2.75) is 39.7 Å². The standard InChI is InChI=1S/C14H27N5/c1-7-8-15-13-16-9-11(2)12(18-13)17-10-14(3,4)19(5)6/h9H,7-8,10H2,1-6H3,(H2,15,16,17,18). The molecule has 5 heteroatoms. The molecule has 0 unspecified atom stereocenters. The largest absolute Gasteiger partial charge is 0.368 e. The van der Waals surface area contributed by atoms with E-state index < -0.39 is 0 Å². The number of hydrogen-bond acceptors (Lipinski definition) is 5. The van der Waals surface area contributed by atoms with Crippen LogP contribution in [0.15, 0.2) is 6.20 Å². The van der Waals surface area contributed by atoms with Gasteiger partial charge < -0.3 is 15.5 Å². The number of anilines is 2. The first kappa shape index (κ1) is 15.7. The maximum absolute atomic E-state index is 4.52. The van der Waals surface area contributed by atoms with Crippen LogP contribution in [0.3, 0.4) is 0 Å². The van der Waals surface area contributed by atoms with Crippen molar-refractivity contribution in [3.63, 3.8) is 0 Å². The van der Waals surface area contributed by atoms with Crippen LogP contribution < -0.4 is 10.6 Å². The zero-order valence-electron chi connectivity index (χ0n) is 13.0. The van der Waals surface area contributed by atoms with E-state index in [1.807, 2.05) is 13.1 Å². The lowest BCUT2D eigenvalue weighted by Gasteiger charge is -2.33. The van der Waals surface area contributed by atoms with Crippen molar-refractivity contribution in [2.24, 2.45) is 0 Å². The lowest BCUT2D eigenvalue weighted by molar-refractivity contribution is 0.210. The van der Waals surface area contributed by atoms with E-state index in [1.54, 1.807) is 0 Å². The Morgan fingerprint density at radius 2 is 1.95 bits per heavy atom.